The van der Waals surface area contributed by atoms with Crippen LogP contribution in [0.1, 0.15) is 36.6 Å². The molecule has 0 aliphatic carbocycles. The smallest absolute Gasteiger partial charge is 0.338 e. The molecule has 1 aliphatic heterocycles. The molecule has 0 fully saturated rings. The summed E-state index contributed by atoms with van der Waals surface area (Å²) < 4.78 is 15.1. The Labute approximate surface area is 256 Å². The zero-order chi connectivity index (χ0) is 28.4. The van der Waals surface area contributed by atoms with Crippen LogP contribution < -0.4 is 19.6 Å². The molecule has 1 atom stereocenters. The van der Waals surface area contributed by atoms with Crippen LogP contribution in [0.25, 0.3) is 6.08 Å². The van der Waals surface area contributed by atoms with E-state index in [9.17, 15) is 9.59 Å². The van der Waals surface area contributed by atoms with Gasteiger partial charge in [-0.3, -0.25) is 9.36 Å². The first kappa shape index (κ1) is 28.5. The summed E-state index contributed by atoms with van der Waals surface area (Å²) in [7, 11) is 0. The minimum absolute atomic E-state index is 0.205. The van der Waals surface area contributed by atoms with Crippen molar-refractivity contribution in [3.63, 3.8) is 0 Å². The molecule has 6 nitrogen and oxygen atoms in total. The molecule has 0 unspecified atom stereocenters. The van der Waals surface area contributed by atoms with Crippen LogP contribution in [-0.2, 0) is 16.1 Å². The Morgan fingerprint density at radius 1 is 1.12 bits per heavy atom. The zero-order valence-corrected chi connectivity index (χ0v) is 26.2. The number of hydrogen-bond acceptors (Lipinski definition) is 6. The third-order valence-corrected chi connectivity index (χ3v) is 8.53. The van der Waals surface area contributed by atoms with Crippen molar-refractivity contribution >= 4 is 66.8 Å². The number of nitrogens with zero attached hydrogens (tertiary/aromatic N) is 2. The third-order valence-electron chi connectivity index (χ3n) is 6.25. The number of fused-ring (bicyclic) bond motifs is 1. The first-order chi connectivity index (χ1) is 19.3. The van der Waals surface area contributed by atoms with E-state index in [4.69, 9.17) is 21.1 Å². The molecule has 4 aromatic rings. The van der Waals surface area contributed by atoms with Crippen molar-refractivity contribution in [3.05, 3.63) is 128 Å². The van der Waals surface area contributed by atoms with Crippen LogP contribution >= 0.6 is 54.8 Å². The summed E-state index contributed by atoms with van der Waals surface area (Å²) in [5.41, 5.74) is 3.01. The molecule has 40 heavy (non-hydrogen) atoms. The molecule has 10 heteroatoms. The number of hydrogen-bond donors (Lipinski definition) is 0. The highest BCUT2D eigenvalue weighted by Gasteiger charge is 2.33. The van der Waals surface area contributed by atoms with E-state index in [1.165, 1.54) is 11.3 Å². The molecule has 1 aromatic heterocycles. The van der Waals surface area contributed by atoms with Crippen LogP contribution in [0.15, 0.2) is 96.7 Å². The molecule has 2 heterocycles. The van der Waals surface area contributed by atoms with Crippen LogP contribution in [-0.4, -0.2) is 17.1 Å². The minimum atomic E-state index is -0.710. The molecule has 0 N–H and O–H groups in total. The second-order valence-corrected chi connectivity index (χ2v) is 12.1. The number of aromatic nitrogens is 1. The first-order valence-corrected chi connectivity index (χ1v) is 15.2. The Morgan fingerprint density at radius 2 is 1.85 bits per heavy atom. The fourth-order valence-corrected chi connectivity index (χ4v) is 7.00. The standard InChI is InChI=1S/C30H23Br2ClN2O4S/c1-3-38-29(37)25-17(2)34-30-35(26(25)19-9-11-22(33)12-10-19)28(36)24(40-30)14-20-13-21(31)15-23(32)27(20)39-16-18-7-5-4-6-8-18/h4-15,26H,3,16H2,1-2H3/b24-14-/t26-/m1/s1. The van der Waals surface area contributed by atoms with E-state index in [1.807, 2.05) is 54.6 Å². The number of ether oxygens (including phenoxy) is 2. The van der Waals surface area contributed by atoms with Gasteiger partial charge in [-0.25, -0.2) is 9.79 Å². The molecule has 0 saturated heterocycles. The third kappa shape index (κ3) is 5.88. The van der Waals surface area contributed by atoms with Gasteiger partial charge in [0.05, 0.1) is 32.9 Å². The maximum Gasteiger partial charge on any atom is 0.338 e. The predicted octanol–water partition coefficient (Wildman–Crippen LogP) is 6.56. The van der Waals surface area contributed by atoms with Crippen molar-refractivity contribution in [2.75, 3.05) is 6.61 Å². The van der Waals surface area contributed by atoms with Gasteiger partial charge in [-0.05, 0) is 71.2 Å². The lowest BCUT2D eigenvalue weighted by molar-refractivity contribution is -0.139. The highest BCUT2D eigenvalue weighted by atomic mass is 79.9. The van der Waals surface area contributed by atoms with E-state index in [1.54, 1.807) is 36.6 Å². The second-order valence-electron chi connectivity index (χ2n) is 8.93. The van der Waals surface area contributed by atoms with Crippen LogP contribution in [0.5, 0.6) is 5.75 Å². The number of carbonyl (C=O) groups excluding carboxylic acids is 1. The monoisotopic (exact) mass is 700 g/mol. The van der Waals surface area contributed by atoms with Crippen molar-refractivity contribution in [1.82, 2.24) is 4.57 Å². The van der Waals surface area contributed by atoms with E-state index >= 15 is 0 Å². The highest BCUT2D eigenvalue weighted by molar-refractivity contribution is 9.11. The van der Waals surface area contributed by atoms with Crippen molar-refractivity contribution < 1.29 is 14.3 Å². The molecule has 0 saturated carbocycles. The molecule has 0 spiro atoms. The summed E-state index contributed by atoms with van der Waals surface area (Å²) >= 11 is 14.6. The summed E-state index contributed by atoms with van der Waals surface area (Å²) in [6, 6.07) is 20.0. The maximum absolute atomic E-state index is 14.0. The molecule has 0 bridgehead atoms. The van der Waals surface area contributed by atoms with Gasteiger partial charge in [0.2, 0.25) is 0 Å². The first-order valence-electron chi connectivity index (χ1n) is 12.4. The van der Waals surface area contributed by atoms with Crippen LogP contribution in [0.4, 0.5) is 0 Å². The Bertz CT molecular complexity index is 1800. The lowest BCUT2D eigenvalue weighted by atomic mass is 9.96. The normalized spacial score (nSPS) is 15.0. The molecular weight excluding hydrogens is 680 g/mol. The van der Waals surface area contributed by atoms with E-state index < -0.39 is 12.0 Å². The molecule has 1 aliphatic rings. The quantitative estimate of drug-likeness (QED) is 0.205. The van der Waals surface area contributed by atoms with E-state index in [-0.39, 0.29) is 12.2 Å². The fraction of sp³-hybridized carbons (Fsp3) is 0.167. The SMILES string of the molecule is CCOC(=O)C1=C(C)N=c2s/c(=C\c3cc(Br)cc(Br)c3OCc3ccccc3)c(=O)n2[C@@H]1c1ccc(Cl)cc1. The topological polar surface area (TPSA) is 69.9 Å². The molecule has 0 radical (unpaired) electrons. The number of carbonyl (C=O) groups is 1. The average molecular weight is 703 g/mol. The van der Waals surface area contributed by atoms with Gasteiger partial charge < -0.3 is 9.47 Å². The summed E-state index contributed by atoms with van der Waals surface area (Å²) in [6.07, 6.45) is 1.79. The number of rotatable bonds is 7. The van der Waals surface area contributed by atoms with Crippen molar-refractivity contribution in [2.24, 2.45) is 4.99 Å². The molecule has 5 rings (SSSR count). The number of halogens is 3. The summed E-state index contributed by atoms with van der Waals surface area (Å²) in [6.45, 7) is 4.07. The second kappa shape index (κ2) is 12.3. The van der Waals surface area contributed by atoms with E-state index in [0.29, 0.717) is 43.5 Å². The van der Waals surface area contributed by atoms with Gasteiger partial charge in [0.15, 0.2) is 4.80 Å². The van der Waals surface area contributed by atoms with Crippen LogP contribution in [0, 0.1) is 0 Å². The summed E-state index contributed by atoms with van der Waals surface area (Å²) in [5.74, 6) is 0.0982. The molecule has 204 valence electrons. The van der Waals surface area contributed by atoms with Crippen LogP contribution in [0.3, 0.4) is 0 Å². The van der Waals surface area contributed by atoms with Crippen LogP contribution in [0.2, 0.25) is 5.02 Å². The Hall–Kier alpha value is -2.98. The largest absolute Gasteiger partial charge is 0.487 e. The molecule has 3 aromatic carbocycles. The number of allylic oxidation sites excluding steroid dienone is 1. The van der Waals surface area contributed by atoms with E-state index in [2.05, 4.69) is 36.9 Å². The van der Waals surface area contributed by atoms with E-state index in [0.717, 1.165) is 20.1 Å². The molecular formula is C30H23Br2ClN2O4S. The summed E-state index contributed by atoms with van der Waals surface area (Å²) in [4.78, 5) is 32.2. The van der Waals surface area contributed by atoms with Gasteiger partial charge in [-0.2, -0.15) is 0 Å². The van der Waals surface area contributed by atoms with Crippen molar-refractivity contribution in [2.45, 2.75) is 26.5 Å². The number of thiazole rings is 1. The van der Waals surface area contributed by atoms with Gasteiger partial charge in [-0.1, -0.05) is 81.3 Å². The van der Waals surface area contributed by atoms with Crippen molar-refractivity contribution in [1.29, 1.82) is 0 Å². The van der Waals surface area contributed by atoms with Crippen molar-refractivity contribution in [3.8, 4) is 5.75 Å². The lowest BCUT2D eigenvalue weighted by Crippen LogP contribution is -2.39. The summed E-state index contributed by atoms with van der Waals surface area (Å²) in [5, 5.41) is 0.554. The highest BCUT2D eigenvalue weighted by Crippen LogP contribution is 2.35. The Morgan fingerprint density at radius 3 is 2.55 bits per heavy atom. The molecule has 0 amide bonds. The van der Waals surface area contributed by atoms with Gasteiger partial charge in [0.25, 0.3) is 5.56 Å². The minimum Gasteiger partial charge on any atom is -0.487 e. The average Bonchev–Trinajstić information content (AvgIpc) is 3.22. The zero-order valence-electron chi connectivity index (χ0n) is 21.5. The van der Waals surface area contributed by atoms with Gasteiger partial charge in [-0.15, -0.1) is 0 Å². The van der Waals surface area contributed by atoms with Gasteiger partial charge >= 0.3 is 5.97 Å². The maximum atomic E-state index is 14.0. The predicted molar refractivity (Wildman–Crippen MR) is 164 cm³/mol. The number of benzene rings is 3. The Balaban J connectivity index is 1.65. The lowest BCUT2D eigenvalue weighted by Gasteiger charge is -2.24. The van der Waals surface area contributed by atoms with Gasteiger partial charge in [0, 0.05) is 15.1 Å². The van der Waals surface area contributed by atoms with Gasteiger partial charge in [0.1, 0.15) is 12.4 Å². The Kier molecular flexibility index (Phi) is 8.75. The number of esters is 1. The fourth-order valence-electron chi connectivity index (χ4n) is 4.46.